The van der Waals surface area contributed by atoms with Crippen molar-refractivity contribution in [3.63, 3.8) is 0 Å². The highest BCUT2D eigenvalue weighted by Gasteiger charge is 2.44. The first kappa shape index (κ1) is 26.2. The number of amides is 2. The summed E-state index contributed by atoms with van der Waals surface area (Å²) in [6.07, 6.45) is -5.53. The van der Waals surface area contributed by atoms with E-state index in [2.05, 4.69) is 15.5 Å². The van der Waals surface area contributed by atoms with E-state index >= 15 is 0 Å². The van der Waals surface area contributed by atoms with Gasteiger partial charge in [-0.1, -0.05) is 12.1 Å². The molecule has 1 heterocycles. The smallest absolute Gasteiger partial charge is 0.331 e. The quantitative estimate of drug-likeness (QED) is 0.424. The van der Waals surface area contributed by atoms with Gasteiger partial charge in [0.25, 0.3) is 0 Å². The highest BCUT2D eigenvalue weighted by atomic mass is 19.4. The maximum absolute atomic E-state index is 13.2. The molecule has 2 N–H and O–H groups in total. The van der Waals surface area contributed by atoms with Gasteiger partial charge in [-0.25, -0.2) is 9.18 Å². The summed E-state index contributed by atoms with van der Waals surface area (Å²) in [5.41, 5.74) is -3.61. The van der Waals surface area contributed by atoms with Crippen molar-refractivity contribution in [2.75, 3.05) is 18.4 Å². The van der Waals surface area contributed by atoms with E-state index < -0.39 is 35.0 Å². The van der Waals surface area contributed by atoms with Crippen molar-refractivity contribution in [3.05, 3.63) is 65.0 Å². The minimum Gasteiger partial charge on any atom is -0.331 e. The van der Waals surface area contributed by atoms with Crippen molar-refractivity contribution in [2.45, 2.75) is 62.5 Å². The van der Waals surface area contributed by atoms with Gasteiger partial charge in [-0.2, -0.15) is 26.3 Å². The van der Waals surface area contributed by atoms with Crippen LogP contribution in [0.3, 0.4) is 0 Å². The largest absolute Gasteiger partial charge is 0.417 e. The lowest BCUT2D eigenvalue weighted by Gasteiger charge is -2.46. The maximum Gasteiger partial charge on any atom is 0.417 e. The number of hydrogen-bond acceptors (Lipinski definition) is 2. The van der Waals surface area contributed by atoms with Crippen LogP contribution in [0.25, 0.3) is 0 Å². The van der Waals surface area contributed by atoms with Crippen LogP contribution in [0.2, 0.25) is 0 Å². The third kappa shape index (κ3) is 6.11. The molecule has 4 nitrogen and oxygen atoms in total. The Bertz CT molecular complexity index is 1080. The van der Waals surface area contributed by atoms with Crippen molar-refractivity contribution in [1.29, 1.82) is 0 Å². The fourth-order valence-corrected chi connectivity index (χ4v) is 5.05. The van der Waals surface area contributed by atoms with Gasteiger partial charge in [0.05, 0.1) is 16.7 Å². The van der Waals surface area contributed by atoms with Gasteiger partial charge in [0.2, 0.25) is 0 Å². The minimum atomic E-state index is -5.23. The molecule has 1 unspecified atom stereocenters. The van der Waals surface area contributed by atoms with Gasteiger partial charge in [0.15, 0.2) is 0 Å². The first-order chi connectivity index (χ1) is 16.8. The maximum atomic E-state index is 13.2. The molecule has 1 aliphatic carbocycles. The molecule has 0 aromatic heterocycles. The molecule has 11 heteroatoms. The summed E-state index contributed by atoms with van der Waals surface area (Å²) in [7, 11) is 0. The number of alkyl halides is 6. The van der Waals surface area contributed by atoms with Gasteiger partial charge < -0.3 is 10.6 Å². The summed E-state index contributed by atoms with van der Waals surface area (Å²) >= 11 is 0. The predicted molar refractivity (Wildman–Crippen MR) is 120 cm³/mol. The lowest BCUT2D eigenvalue weighted by molar-refractivity contribution is -0.162. The number of halogens is 7. The number of carbonyl (C=O) groups is 1. The van der Waals surface area contributed by atoms with Crippen molar-refractivity contribution in [2.24, 2.45) is 0 Å². The highest BCUT2D eigenvalue weighted by molar-refractivity contribution is 5.90. The Labute approximate surface area is 203 Å². The molecular formula is C25H26F7N3O. The Hall–Kier alpha value is -2.82. The molecule has 4 rings (SSSR count). The summed E-state index contributed by atoms with van der Waals surface area (Å²) in [6.45, 7) is 1.37. The molecule has 1 aliphatic heterocycles. The summed E-state index contributed by atoms with van der Waals surface area (Å²) in [4.78, 5) is 14.9. The van der Waals surface area contributed by atoms with Crippen LogP contribution in [0.1, 0.15) is 48.8 Å². The monoisotopic (exact) mass is 517 g/mol. The van der Waals surface area contributed by atoms with E-state index in [0.29, 0.717) is 31.5 Å². The van der Waals surface area contributed by atoms with Crippen molar-refractivity contribution in [3.8, 4) is 0 Å². The van der Waals surface area contributed by atoms with Crippen molar-refractivity contribution >= 4 is 11.7 Å². The first-order valence-corrected chi connectivity index (χ1v) is 11.7. The van der Waals surface area contributed by atoms with Gasteiger partial charge >= 0.3 is 18.4 Å². The zero-order valence-electron chi connectivity index (χ0n) is 19.3. The van der Waals surface area contributed by atoms with Crippen LogP contribution in [-0.4, -0.2) is 35.6 Å². The van der Waals surface area contributed by atoms with E-state index in [-0.39, 0.29) is 17.5 Å². The Kier molecular flexibility index (Phi) is 7.23. The second kappa shape index (κ2) is 9.91. The Morgan fingerprint density at radius 1 is 0.944 bits per heavy atom. The molecule has 2 amide bonds. The number of hydrogen-bond donors (Lipinski definition) is 2. The standard InChI is InChI=1S/C25H26F7N3O/c26-17-6-4-16(5-7-17)13-19-3-1-12-35(19)15-23(10-2-11-23)34-22(36)33-18-8-9-20(24(27,28)29)21(14-18)25(30,31)32/h4-9,14,19H,1-3,10-13,15H2,(H2,33,34,36). The number of nitrogens with one attached hydrogen (secondary N) is 2. The van der Waals surface area contributed by atoms with Crippen LogP contribution in [0.15, 0.2) is 42.5 Å². The van der Waals surface area contributed by atoms with E-state index in [1.54, 1.807) is 12.1 Å². The van der Waals surface area contributed by atoms with Gasteiger partial charge in [0.1, 0.15) is 5.82 Å². The lowest BCUT2D eigenvalue weighted by atomic mass is 9.76. The van der Waals surface area contributed by atoms with Crippen LogP contribution in [-0.2, 0) is 18.8 Å². The number of rotatable bonds is 6. The molecule has 36 heavy (non-hydrogen) atoms. The second-order valence-electron chi connectivity index (χ2n) is 9.57. The van der Waals surface area contributed by atoms with E-state index in [0.717, 1.165) is 43.9 Å². The molecular weight excluding hydrogens is 491 g/mol. The topological polar surface area (TPSA) is 44.4 Å². The van der Waals surface area contributed by atoms with E-state index in [4.69, 9.17) is 0 Å². The zero-order valence-corrected chi connectivity index (χ0v) is 19.3. The van der Waals surface area contributed by atoms with Crippen LogP contribution in [0.4, 0.5) is 41.2 Å². The number of benzene rings is 2. The summed E-state index contributed by atoms with van der Waals surface area (Å²) in [5, 5.41) is 5.12. The molecule has 0 radical (unpaired) electrons. The average Bonchev–Trinajstić information content (AvgIpc) is 3.18. The summed E-state index contributed by atoms with van der Waals surface area (Å²) in [6, 6.07) is 7.20. The normalized spacial score (nSPS) is 20.1. The van der Waals surface area contributed by atoms with Crippen LogP contribution < -0.4 is 10.6 Å². The van der Waals surface area contributed by atoms with Gasteiger partial charge in [0, 0.05) is 18.3 Å². The minimum absolute atomic E-state index is 0.210. The molecule has 2 fully saturated rings. The summed E-state index contributed by atoms with van der Waals surface area (Å²) in [5.74, 6) is -0.305. The molecule has 0 bridgehead atoms. The fourth-order valence-electron chi connectivity index (χ4n) is 5.05. The highest BCUT2D eigenvalue weighted by Crippen LogP contribution is 2.41. The second-order valence-corrected chi connectivity index (χ2v) is 9.57. The number of urea groups is 1. The third-order valence-electron chi connectivity index (χ3n) is 6.97. The van der Waals surface area contributed by atoms with Crippen molar-refractivity contribution in [1.82, 2.24) is 10.2 Å². The molecule has 196 valence electrons. The van der Waals surface area contributed by atoms with Gasteiger partial charge in [-0.05, 0) is 81.0 Å². The van der Waals surface area contributed by atoms with E-state index in [1.807, 2.05) is 0 Å². The van der Waals surface area contributed by atoms with E-state index in [1.165, 1.54) is 12.1 Å². The van der Waals surface area contributed by atoms with Crippen LogP contribution >= 0.6 is 0 Å². The molecule has 0 spiro atoms. The Balaban J connectivity index is 1.42. The van der Waals surface area contributed by atoms with E-state index in [9.17, 15) is 35.5 Å². The lowest BCUT2D eigenvalue weighted by Crippen LogP contribution is -2.61. The molecule has 2 aromatic carbocycles. The molecule has 1 atom stereocenters. The third-order valence-corrected chi connectivity index (χ3v) is 6.97. The van der Waals surface area contributed by atoms with Crippen LogP contribution in [0, 0.1) is 5.82 Å². The first-order valence-electron chi connectivity index (χ1n) is 11.7. The van der Waals surface area contributed by atoms with Gasteiger partial charge in [-0.15, -0.1) is 0 Å². The Morgan fingerprint density at radius 2 is 1.61 bits per heavy atom. The molecule has 2 aliphatic rings. The molecule has 1 saturated heterocycles. The molecule has 1 saturated carbocycles. The zero-order chi connectivity index (χ0) is 26.1. The SMILES string of the molecule is O=C(Nc1ccc(C(F)(F)F)c(C(F)(F)F)c1)NC1(CN2CCCC2Cc2ccc(F)cc2)CCC1. The number of carbonyl (C=O) groups excluding carboxylic acids is 1. The fraction of sp³-hybridized carbons (Fsp3) is 0.480. The van der Waals surface area contributed by atoms with Crippen molar-refractivity contribution < 1.29 is 35.5 Å². The number of anilines is 1. The predicted octanol–water partition coefficient (Wildman–Crippen LogP) is 6.61. The molecule has 2 aromatic rings. The van der Waals surface area contributed by atoms with Crippen LogP contribution in [0.5, 0.6) is 0 Å². The summed E-state index contributed by atoms with van der Waals surface area (Å²) < 4.78 is 91.9. The Morgan fingerprint density at radius 3 is 2.19 bits per heavy atom. The number of nitrogens with zero attached hydrogens (tertiary/aromatic N) is 1. The average molecular weight is 517 g/mol. The van der Waals surface area contributed by atoms with Gasteiger partial charge in [-0.3, -0.25) is 4.90 Å². The number of likely N-dealkylation sites (tertiary alicyclic amines) is 1.